The zero-order valence-corrected chi connectivity index (χ0v) is 16.4. The van der Waals surface area contributed by atoms with Crippen LogP contribution in [-0.2, 0) is 11.2 Å². The fourth-order valence-electron chi connectivity index (χ4n) is 2.84. The molecule has 2 aromatic carbocycles. The second-order valence-corrected chi connectivity index (χ2v) is 6.43. The van der Waals surface area contributed by atoms with E-state index in [0.29, 0.717) is 28.8 Å². The molecule has 8 heteroatoms. The number of halogens is 1. The van der Waals surface area contributed by atoms with Gasteiger partial charge in [-0.3, -0.25) is 4.79 Å². The maximum absolute atomic E-state index is 13.3. The van der Waals surface area contributed by atoms with Crippen molar-refractivity contribution in [2.24, 2.45) is 0 Å². The molecule has 0 spiro atoms. The quantitative estimate of drug-likeness (QED) is 0.622. The van der Waals surface area contributed by atoms with Gasteiger partial charge in [0.15, 0.2) is 11.5 Å². The third-order valence-electron chi connectivity index (χ3n) is 4.40. The number of benzene rings is 2. The number of methoxy groups -OCH3 is 2. The van der Waals surface area contributed by atoms with Crippen LogP contribution in [0.5, 0.6) is 11.5 Å². The normalized spacial score (nSPS) is 11.7. The maximum Gasteiger partial charge on any atom is 0.227 e. The van der Waals surface area contributed by atoms with Crippen LogP contribution in [0.25, 0.3) is 11.4 Å². The minimum Gasteiger partial charge on any atom is -0.493 e. The summed E-state index contributed by atoms with van der Waals surface area (Å²) in [5.41, 5.74) is 1.41. The molecule has 0 fully saturated rings. The highest BCUT2D eigenvalue weighted by Crippen LogP contribution is 2.29. The first kappa shape index (κ1) is 20.3. The van der Waals surface area contributed by atoms with Crippen LogP contribution in [0.2, 0.25) is 0 Å². The Morgan fingerprint density at radius 2 is 1.97 bits per heavy atom. The number of rotatable bonds is 8. The van der Waals surface area contributed by atoms with E-state index in [1.807, 2.05) is 19.1 Å². The molecular formula is C21H22FN3O4. The third kappa shape index (κ3) is 5.10. The average molecular weight is 399 g/mol. The molecule has 3 rings (SSSR count). The molecule has 3 aromatic rings. The fraction of sp³-hybridized carbons (Fsp3) is 0.286. The van der Waals surface area contributed by atoms with E-state index in [1.54, 1.807) is 32.4 Å². The zero-order valence-electron chi connectivity index (χ0n) is 16.4. The van der Waals surface area contributed by atoms with Gasteiger partial charge in [-0.1, -0.05) is 23.4 Å². The van der Waals surface area contributed by atoms with Crippen LogP contribution in [-0.4, -0.2) is 30.3 Å². The van der Waals surface area contributed by atoms with Gasteiger partial charge < -0.3 is 19.3 Å². The standard InChI is InChI=1S/C21H22FN3O4/c1-13(14-7-8-17(27-2)18(12-14)28-3)23-19(26)9-10-20-24-21(25-29-20)15-5-4-6-16(22)11-15/h4-8,11-13H,9-10H2,1-3H3,(H,23,26)/t13-/m0/s1. The van der Waals surface area contributed by atoms with E-state index in [-0.39, 0.29) is 30.6 Å². The number of hydrogen-bond acceptors (Lipinski definition) is 6. The second-order valence-electron chi connectivity index (χ2n) is 6.43. The lowest BCUT2D eigenvalue weighted by atomic mass is 10.1. The van der Waals surface area contributed by atoms with E-state index in [4.69, 9.17) is 14.0 Å². The van der Waals surface area contributed by atoms with E-state index >= 15 is 0 Å². The summed E-state index contributed by atoms with van der Waals surface area (Å²) in [7, 11) is 3.13. The van der Waals surface area contributed by atoms with E-state index in [0.717, 1.165) is 5.56 Å². The van der Waals surface area contributed by atoms with Crippen LogP contribution in [0, 0.1) is 5.82 Å². The fourth-order valence-corrected chi connectivity index (χ4v) is 2.84. The molecule has 0 unspecified atom stereocenters. The van der Waals surface area contributed by atoms with Gasteiger partial charge in [-0.2, -0.15) is 4.98 Å². The lowest BCUT2D eigenvalue weighted by Crippen LogP contribution is -2.26. The molecule has 1 heterocycles. The van der Waals surface area contributed by atoms with Gasteiger partial charge in [0.1, 0.15) is 5.82 Å². The molecular weight excluding hydrogens is 377 g/mol. The van der Waals surface area contributed by atoms with Crippen LogP contribution in [0.4, 0.5) is 4.39 Å². The highest BCUT2D eigenvalue weighted by atomic mass is 19.1. The summed E-state index contributed by atoms with van der Waals surface area (Å²) >= 11 is 0. The molecule has 1 atom stereocenters. The number of ether oxygens (including phenoxy) is 2. The van der Waals surface area contributed by atoms with Gasteiger partial charge in [-0.05, 0) is 36.8 Å². The Bertz CT molecular complexity index is 990. The van der Waals surface area contributed by atoms with Gasteiger partial charge in [-0.25, -0.2) is 4.39 Å². The number of carbonyl (C=O) groups is 1. The Morgan fingerprint density at radius 1 is 1.17 bits per heavy atom. The van der Waals surface area contributed by atoms with E-state index in [2.05, 4.69) is 15.5 Å². The summed E-state index contributed by atoms with van der Waals surface area (Å²) in [5, 5.41) is 6.77. The van der Waals surface area contributed by atoms with Crippen molar-refractivity contribution < 1.29 is 23.2 Å². The summed E-state index contributed by atoms with van der Waals surface area (Å²) in [5.74, 6) is 1.30. The molecule has 0 saturated carbocycles. The molecule has 0 aliphatic heterocycles. The molecule has 0 aliphatic carbocycles. The van der Waals surface area contributed by atoms with Gasteiger partial charge in [0.05, 0.1) is 20.3 Å². The predicted octanol–water partition coefficient (Wildman–Crippen LogP) is 3.70. The van der Waals surface area contributed by atoms with E-state index in [1.165, 1.54) is 12.1 Å². The summed E-state index contributed by atoms with van der Waals surface area (Å²) in [6.07, 6.45) is 0.467. The monoisotopic (exact) mass is 399 g/mol. The van der Waals surface area contributed by atoms with Crippen molar-refractivity contribution in [3.63, 3.8) is 0 Å². The predicted molar refractivity (Wildman–Crippen MR) is 104 cm³/mol. The minimum absolute atomic E-state index is 0.155. The number of carbonyl (C=O) groups excluding carboxylic acids is 1. The van der Waals surface area contributed by atoms with Crippen LogP contribution < -0.4 is 14.8 Å². The molecule has 1 amide bonds. The number of aryl methyl sites for hydroxylation is 1. The number of aromatic nitrogens is 2. The number of hydrogen-bond donors (Lipinski definition) is 1. The lowest BCUT2D eigenvalue weighted by molar-refractivity contribution is -0.121. The lowest BCUT2D eigenvalue weighted by Gasteiger charge is -2.16. The molecule has 1 aromatic heterocycles. The Hall–Kier alpha value is -3.42. The van der Waals surface area contributed by atoms with Gasteiger partial charge in [0.25, 0.3) is 0 Å². The summed E-state index contributed by atoms with van der Waals surface area (Å²) in [6, 6.07) is 11.2. The molecule has 0 bridgehead atoms. The number of nitrogens with one attached hydrogen (secondary N) is 1. The van der Waals surface area contributed by atoms with E-state index < -0.39 is 0 Å². The third-order valence-corrected chi connectivity index (χ3v) is 4.40. The number of amides is 1. The molecule has 0 radical (unpaired) electrons. The highest BCUT2D eigenvalue weighted by molar-refractivity contribution is 5.76. The molecule has 0 saturated heterocycles. The van der Waals surface area contributed by atoms with Crippen LogP contribution >= 0.6 is 0 Å². The smallest absolute Gasteiger partial charge is 0.227 e. The van der Waals surface area contributed by atoms with Crippen molar-refractivity contribution in [1.29, 1.82) is 0 Å². The van der Waals surface area contributed by atoms with E-state index in [9.17, 15) is 9.18 Å². The van der Waals surface area contributed by atoms with Crippen molar-refractivity contribution >= 4 is 5.91 Å². The van der Waals surface area contributed by atoms with Crippen molar-refractivity contribution in [3.8, 4) is 22.9 Å². The molecule has 7 nitrogen and oxygen atoms in total. The molecule has 1 N–H and O–H groups in total. The molecule has 152 valence electrons. The van der Waals surface area contributed by atoms with Crippen LogP contribution in [0.1, 0.15) is 30.8 Å². The first-order valence-electron chi connectivity index (χ1n) is 9.10. The largest absolute Gasteiger partial charge is 0.493 e. The van der Waals surface area contributed by atoms with Crippen LogP contribution in [0.3, 0.4) is 0 Å². The van der Waals surface area contributed by atoms with Gasteiger partial charge >= 0.3 is 0 Å². The molecule has 0 aliphatic rings. The van der Waals surface area contributed by atoms with Gasteiger partial charge in [0.2, 0.25) is 17.6 Å². The maximum atomic E-state index is 13.3. The zero-order chi connectivity index (χ0) is 20.8. The summed E-state index contributed by atoms with van der Waals surface area (Å²) in [4.78, 5) is 16.5. The Kier molecular flexibility index (Phi) is 6.43. The van der Waals surface area contributed by atoms with Crippen molar-refractivity contribution in [3.05, 3.63) is 59.7 Å². The van der Waals surface area contributed by atoms with Gasteiger partial charge in [0, 0.05) is 18.4 Å². The van der Waals surface area contributed by atoms with Crippen molar-refractivity contribution in [1.82, 2.24) is 15.5 Å². The van der Waals surface area contributed by atoms with Crippen LogP contribution in [0.15, 0.2) is 47.0 Å². The Morgan fingerprint density at radius 3 is 2.69 bits per heavy atom. The summed E-state index contributed by atoms with van der Waals surface area (Å²) < 4.78 is 29.0. The molecule has 29 heavy (non-hydrogen) atoms. The van der Waals surface area contributed by atoms with Crippen molar-refractivity contribution in [2.45, 2.75) is 25.8 Å². The summed E-state index contributed by atoms with van der Waals surface area (Å²) in [6.45, 7) is 1.88. The Labute approximate surface area is 167 Å². The first-order valence-corrected chi connectivity index (χ1v) is 9.10. The van der Waals surface area contributed by atoms with Crippen molar-refractivity contribution in [2.75, 3.05) is 14.2 Å². The van der Waals surface area contributed by atoms with Gasteiger partial charge in [-0.15, -0.1) is 0 Å². The SMILES string of the molecule is COc1ccc([C@H](C)NC(=O)CCc2nc(-c3cccc(F)c3)no2)cc1OC. The highest BCUT2D eigenvalue weighted by Gasteiger charge is 2.15. The Balaban J connectivity index is 1.56. The average Bonchev–Trinajstić information content (AvgIpc) is 3.21. The number of nitrogens with zero attached hydrogens (tertiary/aromatic N) is 2. The minimum atomic E-state index is -0.377. The topological polar surface area (TPSA) is 86.5 Å². The first-order chi connectivity index (χ1) is 14.0. The second kappa shape index (κ2) is 9.18.